The number of rotatable bonds is 5. The van der Waals surface area contributed by atoms with E-state index in [1.165, 1.54) is 24.3 Å². The highest BCUT2D eigenvalue weighted by atomic mass is 16.6. The topological polar surface area (TPSA) is 136 Å². The lowest BCUT2D eigenvalue weighted by Crippen LogP contribution is -2.23. The van der Waals surface area contributed by atoms with Gasteiger partial charge >= 0.3 is 5.97 Å². The van der Waals surface area contributed by atoms with E-state index >= 15 is 0 Å². The summed E-state index contributed by atoms with van der Waals surface area (Å²) in [7, 11) is 0. The Kier molecular flexibility index (Phi) is 3.93. The number of amides is 1. The van der Waals surface area contributed by atoms with Gasteiger partial charge in [-0.2, -0.15) is 0 Å². The molecule has 0 aliphatic carbocycles. The zero-order valence-corrected chi connectivity index (χ0v) is 10.5. The molecule has 0 fully saturated rings. The molecular weight excluding hydrogens is 282 g/mol. The van der Waals surface area contributed by atoms with Crippen LogP contribution in [0.25, 0.3) is 0 Å². The molecule has 0 atom stereocenters. The fraction of sp³-hybridized carbons (Fsp3) is 0.0833. The summed E-state index contributed by atoms with van der Waals surface area (Å²) in [6.45, 7) is 0.117. The maximum Gasteiger partial charge on any atom is 0.374 e. The molecule has 0 aliphatic rings. The van der Waals surface area contributed by atoms with Crippen LogP contribution in [-0.2, 0) is 6.54 Å². The van der Waals surface area contributed by atoms with E-state index in [4.69, 9.17) is 5.11 Å². The summed E-state index contributed by atoms with van der Waals surface area (Å²) in [4.78, 5) is 32.2. The molecule has 1 aromatic carbocycles. The third-order valence-electron chi connectivity index (χ3n) is 2.55. The number of hydrogen-bond acceptors (Lipinski definition) is 6. The molecule has 2 rings (SSSR count). The molecule has 2 aromatic rings. The average molecular weight is 291 g/mol. The standard InChI is InChI=1S/C12H9N3O6/c16-11(9-5-10(12(17)18)21-14-9)13-6-7-1-3-8(4-2-7)15(19)20/h1-5H,6H2,(H,13,16)(H,17,18). The smallest absolute Gasteiger partial charge is 0.374 e. The molecule has 9 nitrogen and oxygen atoms in total. The Morgan fingerprint density at radius 1 is 1.33 bits per heavy atom. The van der Waals surface area contributed by atoms with Crippen molar-refractivity contribution in [2.45, 2.75) is 6.54 Å². The Morgan fingerprint density at radius 3 is 2.52 bits per heavy atom. The number of carboxylic acid groups (broad SMARTS) is 1. The van der Waals surface area contributed by atoms with Gasteiger partial charge in [0.15, 0.2) is 5.69 Å². The fourth-order valence-corrected chi connectivity index (χ4v) is 1.49. The van der Waals surface area contributed by atoms with Gasteiger partial charge in [0.1, 0.15) is 0 Å². The Balaban J connectivity index is 1.97. The van der Waals surface area contributed by atoms with E-state index in [-0.39, 0.29) is 17.9 Å². The highest BCUT2D eigenvalue weighted by Gasteiger charge is 2.16. The van der Waals surface area contributed by atoms with Crippen molar-refractivity contribution in [3.8, 4) is 0 Å². The second kappa shape index (κ2) is 5.82. The maximum atomic E-state index is 11.7. The van der Waals surface area contributed by atoms with Crippen molar-refractivity contribution < 1.29 is 24.1 Å². The normalized spacial score (nSPS) is 10.1. The molecule has 0 bridgehead atoms. The van der Waals surface area contributed by atoms with Crippen molar-refractivity contribution in [2.75, 3.05) is 0 Å². The molecule has 21 heavy (non-hydrogen) atoms. The minimum Gasteiger partial charge on any atom is -0.475 e. The zero-order chi connectivity index (χ0) is 15.4. The number of carbonyl (C=O) groups excluding carboxylic acids is 1. The lowest BCUT2D eigenvalue weighted by atomic mass is 10.2. The number of benzene rings is 1. The monoisotopic (exact) mass is 291 g/mol. The van der Waals surface area contributed by atoms with Crippen LogP contribution in [0.15, 0.2) is 34.9 Å². The summed E-state index contributed by atoms with van der Waals surface area (Å²) < 4.78 is 4.46. The van der Waals surface area contributed by atoms with E-state index in [2.05, 4.69) is 15.0 Å². The predicted molar refractivity (Wildman–Crippen MR) is 67.7 cm³/mol. The van der Waals surface area contributed by atoms with E-state index in [0.717, 1.165) is 6.07 Å². The summed E-state index contributed by atoms with van der Waals surface area (Å²) in [5.41, 5.74) is 0.442. The molecule has 0 aliphatic heterocycles. The Labute approximate surface area is 117 Å². The van der Waals surface area contributed by atoms with Crippen molar-refractivity contribution in [1.29, 1.82) is 0 Å². The molecule has 1 aromatic heterocycles. The van der Waals surface area contributed by atoms with Crippen molar-refractivity contribution >= 4 is 17.6 Å². The van der Waals surface area contributed by atoms with Crippen LogP contribution in [0.4, 0.5) is 5.69 Å². The number of nitrogens with one attached hydrogen (secondary N) is 1. The van der Waals surface area contributed by atoms with Gasteiger partial charge in [-0.05, 0) is 5.56 Å². The zero-order valence-electron chi connectivity index (χ0n) is 10.5. The fourth-order valence-electron chi connectivity index (χ4n) is 1.49. The number of aromatic carboxylic acids is 1. The Hall–Kier alpha value is -3.23. The number of nitro benzene ring substituents is 1. The largest absolute Gasteiger partial charge is 0.475 e. The number of non-ortho nitro benzene ring substituents is 1. The van der Waals surface area contributed by atoms with Gasteiger partial charge in [-0.3, -0.25) is 14.9 Å². The molecule has 1 heterocycles. The molecule has 0 saturated carbocycles. The van der Waals surface area contributed by atoms with Crippen LogP contribution in [0, 0.1) is 10.1 Å². The van der Waals surface area contributed by atoms with Crippen LogP contribution < -0.4 is 5.32 Å². The Morgan fingerprint density at radius 2 is 2.00 bits per heavy atom. The number of hydrogen-bond donors (Lipinski definition) is 2. The third-order valence-corrected chi connectivity index (χ3v) is 2.55. The first-order chi connectivity index (χ1) is 9.97. The van der Waals surface area contributed by atoms with E-state index in [0.29, 0.717) is 5.56 Å². The summed E-state index contributed by atoms with van der Waals surface area (Å²) in [6, 6.07) is 6.65. The van der Waals surface area contributed by atoms with Gasteiger partial charge < -0.3 is 14.9 Å². The number of nitrogens with zero attached hydrogens (tertiary/aromatic N) is 2. The van der Waals surface area contributed by atoms with E-state index < -0.39 is 22.6 Å². The molecule has 0 spiro atoms. The lowest BCUT2D eigenvalue weighted by Gasteiger charge is -2.02. The second-order valence-corrected chi connectivity index (χ2v) is 3.99. The number of carbonyl (C=O) groups is 2. The Bertz CT molecular complexity index is 691. The first-order valence-corrected chi connectivity index (χ1v) is 5.69. The number of aromatic nitrogens is 1. The van der Waals surface area contributed by atoms with E-state index in [1.54, 1.807) is 0 Å². The van der Waals surface area contributed by atoms with E-state index in [9.17, 15) is 19.7 Å². The molecule has 2 N–H and O–H groups in total. The summed E-state index contributed by atoms with van der Waals surface area (Å²) in [5, 5.41) is 24.9. The predicted octanol–water partition coefficient (Wildman–Crippen LogP) is 1.21. The van der Waals surface area contributed by atoms with Crippen molar-refractivity contribution in [2.24, 2.45) is 0 Å². The third kappa shape index (κ3) is 3.41. The lowest BCUT2D eigenvalue weighted by molar-refractivity contribution is -0.384. The minimum absolute atomic E-state index is 0.0484. The first-order valence-electron chi connectivity index (χ1n) is 5.69. The van der Waals surface area contributed by atoms with Gasteiger partial charge in [0.05, 0.1) is 4.92 Å². The molecule has 0 unspecified atom stereocenters. The minimum atomic E-state index is -1.32. The van der Waals surface area contributed by atoms with E-state index in [1.807, 2.05) is 0 Å². The van der Waals surface area contributed by atoms with Gasteiger partial charge in [-0.25, -0.2) is 4.79 Å². The SMILES string of the molecule is O=C(NCc1ccc([N+](=O)[O-])cc1)c1cc(C(=O)O)on1. The average Bonchev–Trinajstić information content (AvgIpc) is 2.95. The van der Waals surface area contributed by atoms with Crippen LogP contribution in [-0.4, -0.2) is 27.1 Å². The molecule has 0 radical (unpaired) electrons. The quantitative estimate of drug-likeness (QED) is 0.624. The van der Waals surface area contributed by atoms with Crippen molar-refractivity contribution in [3.05, 3.63) is 57.5 Å². The maximum absolute atomic E-state index is 11.7. The van der Waals surface area contributed by atoms with Crippen molar-refractivity contribution in [1.82, 2.24) is 10.5 Å². The van der Waals surface area contributed by atoms with Crippen molar-refractivity contribution in [3.63, 3.8) is 0 Å². The molecule has 1 amide bonds. The molecule has 0 saturated heterocycles. The summed E-state index contributed by atoms with van der Waals surface area (Å²) >= 11 is 0. The summed E-state index contributed by atoms with van der Waals surface area (Å²) in [6.07, 6.45) is 0. The molecule has 108 valence electrons. The van der Waals surface area contributed by atoms with Crippen LogP contribution >= 0.6 is 0 Å². The van der Waals surface area contributed by atoms with Gasteiger partial charge in [0, 0.05) is 24.7 Å². The van der Waals surface area contributed by atoms with Crippen LogP contribution in [0.5, 0.6) is 0 Å². The van der Waals surface area contributed by atoms with Gasteiger partial charge in [0.2, 0.25) is 5.76 Å². The van der Waals surface area contributed by atoms with Crippen LogP contribution in [0.1, 0.15) is 26.6 Å². The highest BCUT2D eigenvalue weighted by molar-refractivity contribution is 5.94. The van der Waals surface area contributed by atoms with Crippen LogP contribution in [0.3, 0.4) is 0 Å². The second-order valence-electron chi connectivity index (χ2n) is 3.99. The van der Waals surface area contributed by atoms with Gasteiger partial charge in [-0.15, -0.1) is 0 Å². The first kappa shape index (κ1) is 14.2. The van der Waals surface area contributed by atoms with Crippen LogP contribution in [0.2, 0.25) is 0 Å². The number of carboxylic acids is 1. The summed E-state index contributed by atoms with van der Waals surface area (Å²) in [5.74, 6) is -2.36. The molecule has 9 heteroatoms. The van der Waals surface area contributed by atoms with Gasteiger partial charge in [-0.1, -0.05) is 17.3 Å². The molecular formula is C12H9N3O6. The highest BCUT2D eigenvalue weighted by Crippen LogP contribution is 2.12. The van der Waals surface area contributed by atoms with Gasteiger partial charge in [0.25, 0.3) is 11.6 Å². The number of nitro groups is 1.